The number of aromatic amines is 1. The Morgan fingerprint density at radius 1 is 1.42 bits per heavy atom. The molecular weight excluding hydrogens is 238 g/mol. The molecule has 0 amide bonds. The van der Waals surface area contributed by atoms with Crippen molar-refractivity contribution in [3.05, 3.63) is 23.5 Å². The van der Waals surface area contributed by atoms with Crippen LogP contribution in [-0.4, -0.2) is 41.6 Å². The highest BCUT2D eigenvalue weighted by Gasteiger charge is 2.29. The first-order valence-electron chi connectivity index (χ1n) is 7.12. The zero-order valence-corrected chi connectivity index (χ0v) is 11.3. The Kier molecular flexibility index (Phi) is 2.52. The number of nitrogens with one attached hydrogen (secondary N) is 1. The summed E-state index contributed by atoms with van der Waals surface area (Å²) < 4.78 is 5.31. The minimum absolute atomic E-state index is 0.659. The standard InChI is InChI=1S/C15H19N3O/c1-19-11-7-13-12-4-6-18-5-2-3-10(9-18)14(12)17-15(13)16-8-11/h7-8,10H,2-6,9H2,1H3,(H,16,17)/t10-/m1/s1. The second-order valence-electron chi connectivity index (χ2n) is 5.68. The second-order valence-corrected chi connectivity index (χ2v) is 5.68. The molecule has 0 saturated carbocycles. The number of piperidine rings is 1. The van der Waals surface area contributed by atoms with Gasteiger partial charge in [0.05, 0.1) is 13.3 Å². The Bertz CT molecular complexity index is 619. The normalized spacial score (nSPS) is 25.9. The summed E-state index contributed by atoms with van der Waals surface area (Å²) in [5.41, 5.74) is 3.92. The lowest BCUT2D eigenvalue weighted by atomic mass is 9.93. The third kappa shape index (κ3) is 1.74. The molecular formula is C15H19N3O. The van der Waals surface area contributed by atoms with Crippen LogP contribution in [0.15, 0.2) is 12.3 Å². The first-order chi connectivity index (χ1) is 9.35. The summed E-state index contributed by atoms with van der Waals surface area (Å²) in [6.07, 6.45) is 5.54. The van der Waals surface area contributed by atoms with Gasteiger partial charge in [0.15, 0.2) is 0 Å². The van der Waals surface area contributed by atoms with Crippen LogP contribution in [0.2, 0.25) is 0 Å². The molecule has 1 N–H and O–H groups in total. The fourth-order valence-electron chi connectivity index (χ4n) is 3.62. The van der Waals surface area contributed by atoms with E-state index in [1.54, 1.807) is 13.3 Å². The number of pyridine rings is 1. The van der Waals surface area contributed by atoms with E-state index in [0.29, 0.717) is 5.92 Å². The Labute approximate surface area is 112 Å². The lowest BCUT2D eigenvalue weighted by Gasteiger charge is -2.29. The molecule has 0 spiro atoms. The Morgan fingerprint density at radius 2 is 2.37 bits per heavy atom. The van der Waals surface area contributed by atoms with E-state index in [0.717, 1.165) is 17.8 Å². The van der Waals surface area contributed by atoms with E-state index in [4.69, 9.17) is 4.74 Å². The lowest BCUT2D eigenvalue weighted by molar-refractivity contribution is 0.217. The van der Waals surface area contributed by atoms with Crippen LogP contribution in [0.5, 0.6) is 5.75 Å². The van der Waals surface area contributed by atoms with Gasteiger partial charge in [0.25, 0.3) is 0 Å². The molecule has 1 saturated heterocycles. The number of fused-ring (bicyclic) bond motifs is 6. The van der Waals surface area contributed by atoms with E-state index in [-0.39, 0.29) is 0 Å². The summed E-state index contributed by atoms with van der Waals surface area (Å²) in [4.78, 5) is 10.7. The molecule has 2 aliphatic heterocycles. The van der Waals surface area contributed by atoms with E-state index in [1.165, 1.54) is 49.1 Å². The maximum Gasteiger partial charge on any atom is 0.138 e. The van der Waals surface area contributed by atoms with Crippen LogP contribution in [-0.2, 0) is 6.42 Å². The van der Waals surface area contributed by atoms with E-state index >= 15 is 0 Å². The molecule has 1 fully saturated rings. The van der Waals surface area contributed by atoms with Gasteiger partial charge in [-0.15, -0.1) is 0 Å². The van der Waals surface area contributed by atoms with Crippen LogP contribution >= 0.6 is 0 Å². The van der Waals surface area contributed by atoms with Crippen LogP contribution in [0.3, 0.4) is 0 Å². The van der Waals surface area contributed by atoms with Crippen LogP contribution in [0.25, 0.3) is 11.0 Å². The highest BCUT2D eigenvalue weighted by Crippen LogP contribution is 2.36. The highest BCUT2D eigenvalue weighted by atomic mass is 16.5. The number of nitrogens with zero attached hydrogens (tertiary/aromatic N) is 2. The van der Waals surface area contributed by atoms with Crippen molar-refractivity contribution in [3.63, 3.8) is 0 Å². The van der Waals surface area contributed by atoms with Gasteiger partial charge < -0.3 is 14.6 Å². The summed E-state index contributed by atoms with van der Waals surface area (Å²) in [5.74, 6) is 1.51. The van der Waals surface area contributed by atoms with Gasteiger partial charge in [0, 0.05) is 30.1 Å². The third-order valence-corrected chi connectivity index (χ3v) is 4.59. The zero-order chi connectivity index (χ0) is 12.8. The van der Waals surface area contributed by atoms with Gasteiger partial charge in [-0.05, 0) is 37.4 Å². The van der Waals surface area contributed by atoms with Crippen molar-refractivity contribution < 1.29 is 4.74 Å². The van der Waals surface area contributed by atoms with E-state index < -0.39 is 0 Å². The SMILES string of the molecule is COc1cnc2[nH]c3c(c2c1)CCN1CCC[C@@H]3C1. The molecule has 4 heteroatoms. The van der Waals surface area contributed by atoms with Gasteiger partial charge in [0.1, 0.15) is 11.4 Å². The zero-order valence-electron chi connectivity index (χ0n) is 11.3. The van der Waals surface area contributed by atoms with Crippen LogP contribution in [0.1, 0.15) is 30.0 Å². The molecule has 4 nitrogen and oxygen atoms in total. The Hall–Kier alpha value is -1.55. The van der Waals surface area contributed by atoms with E-state index in [1.807, 2.05) is 0 Å². The predicted octanol–water partition coefficient (Wildman–Crippen LogP) is 2.31. The van der Waals surface area contributed by atoms with Crippen molar-refractivity contribution in [2.24, 2.45) is 0 Å². The van der Waals surface area contributed by atoms with Gasteiger partial charge in [-0.1, -0.05) is 0 Å². The average Bonchev–Trinajstić information content (AvgIpc) is 2.77. The third-order valence-electron chi connectivity index (χ3n) is 4.59. The van der Waals surface area contributed by atoms with Crippen molar-refractivity contribution in [2.45, 2.75) is 25.2 Å². The van der Waals surface area contributed by atoms with Crippen molar-refractivity contribution >= 4 is 11.0 Å². The monoisotopic (exact) mass is 257 g/mol. The molecule has 4 rings (SSSR count). The van der Waals surface area contributed by atoms with Crippen LogP contribution in [0, 0.1) is 0 Å². The summed E-state index contributed by atoms with van der Waals surface area (Å²) in [6.45, 7) is 3.64. The van der Waals surface area contributed by atoms with E-state index in [9.17, 15) is 0 Å². The van der Waals surface area contributed by atoms with Crippen LogP contribution < -0.4 is 4.74 Å². The Morgan fingerprint density at radius 3 is 3.26 bits per heavy atom. The average molecular weight is 257 g/mol. The molecule has 4 heterocycles. The number of hydrogen-bond donors (Lipinski definition) is 1. The first-order valence-corrected chi connectivity index (χ1v) is 7.12. The fourth-order valence-corrected chi connectivity index (χ4v) is 3.62. The van der Waals surface area contributed by atoms with E-state index in [2.05, 4.69) is 20.9 Å². The van der Waals surface area contributed by atoms with Gasteiger partial charge in [-0.25, -0.2) is 4.98 Å². The van der Waals surface area contributed by atoms with Gasteiger partial charge >= 0.3 is 0 Å². The molecule has 19 heavy (non-hydrogen) atoms. The van der Waals surface area contributed by atoms with Crippen molar-refractivity contribution in [1.29, 1.82) is 0 Å². The maximum atomic E-state index is 5.31. The van der Waals surface area contributed by atoms with Crippen LogP contribution in [0.4, 0.5) is 0 Å². The predicted molar refractivity (Wildman–Crippen MR) is 74.8 cm³/mol. The molecule has 2 aromatic rings. The largest absolute Gasteiger partial charge is 0.495 e. The minimum Gasteiger partial charge on any atom is -0.495 e. The maximum absolute atomic E-state index is 5.31. The topological polar surface area (TPSA) is 41.1 Å². The molecule has 2 bridgehead atoms. The summed E-state index contributed by atoms with van der Waals surface area (Å²) >= 11 is 0. The van der Waals surface area contributed by atoms with Gasteiger partial charge in [-0.3, -0.25) is 0 Å². The quantitative estimate of drug-likeness (QED) is 0.852. The summed E-state index contributed by atoms with van der Waals surface area (Å²) in [7, 11) is 1.70. The van der Waals surface area contributed by atoms with Crippen molar-refractivity contribution in [2.75, 3.05) is 26.7 Å². The molecule has 2 atom stereocenters. The fraction of sp³-hybridized carbons (Fsp3) is 0.533. The molecule has 1 unspecified atom stereocenters. The molecule has 0 aromatic carbocycles. The number of ether oxygens (including phenoxy) is 1. The van der Waals surface area contributed by atoms with Gasteiger partial charge in [-0.2, -0.15) is 0 Å². The molecule has 0 radical (unpaired) electrons. The van der Waals surface area contributed by atoms with Gasteiger partial charge in [0.2, 0.25) is 0 Å². The first kappa shape index (κ1) is 11.3. The smallest absolute Gasteiger partial charge is 0.138 e. The molecule has 2 aliphatic rings. The number of rotatable bonds is 1. The summed E-state index contributed by atoms with van der Waals surface area (Å²) in [5, 5.41) is 1.25. The molecule has 0 aliphatic carbocycles. The second kappa shape index (κ2) is 4.23. The minimum atomic E-state index is 0.659. The molecule has 100 valence electrons. The highest BCUT2D eigenvalue weighted by molar-refractivity contribution is 5.83. The van der Waals surface area contributed by atoms with Crippen molar-refractivity contribution in [1.82, 2.24) is 14.9 Å². The van der Waals surface area contributed by atoms with Crippen molar-refractivity contribution in [3.8, 4) is 5.75 Å². The summed E-state index contributed by atoms with van der Waals surface area (Å²) in [6, 6.07) is 2.13. The lowest BCUT2D eigenvalue weighted by Crippen LogP contribution is -2.33. The number of methoxy groups -OCH3 is 1. The number of hydrogen-bond acceptors (Lipinski definition) is 3. The number of aromatic nitrogens is 2. The number of H-pyrrole nitrogens is 1. The molecule has 2 aromatic heterocycles. The Balaban J connectivity index is 1.88.